The van der Waals surface area contributed by atoms with Crippen LogP contribution >= 0.6 is 0 Å². The van der Waals surface area contributed by atoms with Crippen LogP contribution in [0.5, 0.6) is 0 Å². The molecule has 0 aliphatic carbocycles. The number of hydrogen-bond donors (Lipinski definition) is 2. The summed E-state index contributed by atoms with van der Waals surface area (Å²) in [6.07, 6.45) is 1.13. The number of nitrogens with one attached hydrogen (secondary N) is 2. The molecule has 0 aromatic rings. The molecule has 2 aliphatic rings. The van der Waals surface area contributed by atoms with Crippen LogP contribution in [0, 0.1) is 6.23 Å². The molecule has 0 unspecified atom stereocenters. The lowest BCUT2D eigenvalue weighted by molar-refractivity contribution is 0.00858. The van der Waals surface area contributed by atoms with E-state index >= 15 is 0 Å². The van der Waals surface area contributed by atoms with Crippen molar-refractivity contribution >= 4 is 0 Å². The average Bonchev–Trinajstić information content (AvgIpc) is 2.21. The Balaban J connectivity index is 1.80. The molecular weight excluding hydrogens is 154 g/mol. The van der Waals surface area contributed by atoms with E-state index in [1.165, 1.54) is 0 Å². The third-order valence-electron chi connectivity index (χ3n) is 2.29. The van der Waals surface area contributed by atoms with Gasteiger partial charge in [-0.15, -0.1) is 0 Å². The van der Waals surface area contributed by atoms with Crippen LogP contribution < -0.4 is 10.6 Å². The van der Waals surface area contributed by atoms with Crippen molar-refractivity contribution in [3.8, 4) is 0 Å². The Morgan fingerprint density at radius 3 is 2.58 bits per heavy atom. The number of nitrogens with zero attached hydrogens (tertiary/aromatic N) is 1. The maximum absolute atomic E-state index is 5.57. The largest absolute Gasteiger partial charge is 0.353 e. The zero-order chi connectivity index (χ0) is 8.23. The second-order valence-corrected chi connectivity index (χ2v) is 3.16. The van der Waals surface area contributed by atoms with Gasteiger partial charge in [0.1, 0.15) is 0 Å². The lowest BCUT2D eigenvalue weighted by Crippen LogP contribution is -2.50. The molecule has 2 fully saturated rings. The zero-order valence-corrected chi connectivity index (χ0v) is 7.31. The monoisotopic (exact) mass is 170 g/mol. The minimum Gasteiger partial charge on any atom is -0.353 e. The standard InChI is InChI=1S/C8H16N3O/c1-4-11(5-2-9-1)8-7-10-3-6-12-8/h9-10H,1-7H2. The summed E-state index contributed by atoms with van der Waals surface area (Å²) in [6.45, 7) is 7.02. The van der Waals surface area contributed by atoms with E-state index in [-0.39, 0.29) is 0 Å². The van der Waals surface area contributed by atoms with Crippen LogP contribution in [-0.2, 0) is 4.74 Å². The minimum atomic E-state index is 0.819. The molecule has 69 valence electrons. The highest BCUT2D eigenvalue weighted by atomic mass is 16.5. The predicted molar refractivity (Wildman–Crippen MR) is 46.5 cm³/mol. The molecule has 12 heavy (non-hydrogen) atoms. The first-order valence-corrected chi connectivity index (χ1v) is 4.62. The van der Waals surface area contributed by atoms with Crippen molar-refractivity contribution in [2.45, 2.75) is 0 Å². The molecule has 4 heteroatoms. The first kappa shape index (κ1) is 8.44. The van der Waals surface area contributed by atoms with E-state index in [0.717, 1.165) is 52.1 Å². The van der Waals surface area contributed by atoms with Gasteiger partial charge in [-0.1, -0.05) is 0 Å². The maximum Gasteiger partial charge on any atom is 0.178 e. The van der Waals surface area contributed by atoms with Crippen molar-refractivity contribution in [3.05, 3.63) is 6.23 Å². The molecule has 1 radical (unpaired) electrons. The summed E-state index contributed by atoms with van der Waals surface area (Å²) in [5.41, 5.74) is 0. The molecule has 0 atom stereocenters. The van der Waals surface area contributed by atoms with Crippen LogP contribution in [0.4, 0.5) is 0 Å². The van der Waals surface area contributed by atoms with Crippen molar-refractivity contribution in [2.75, 3.05) is 45.9 Å². The van der Waals surface area contributed by atoms with Gasteiger partial charge in [-0.2, -0.15) is 0 Å². The zero-order valence-electron chi connectivity index (χ0n) is 7.31. The second-order valence-electron chi connectivity index (χ2n) is 3.16. The summed E-state index contributed by atoms with van der Waals surface area (Å²) in [4.78, 5) is 2.32. The lowest BCUT2D eigenvalue weighted by Gasteiger charge is -2.35. The first-order chi connectivity index (χ1) is 5.97. The van der Waals surface area contributed by atoms with E-state index in [2.05, 4.69) is 15.5 Å². The highest BCUT2D eigenvalue weighted by Gasteiger charge is 2.23. The van der Waals surface area contributed by atoms with Gasteiger partial charge < -0.3 is 15.4 Å². The average molecular weight is 170 g/mol. The summed E-state index contributed by atoms with van der Waals surface area (Å²) < 4.78 is 5.57. The summed E-state index contributed by atoms with van der Waals surface area (Å²) in [7, 11) is 0. The number of rotatable bonds is 1. The topological polar surface area (TPSA) is 36.5 Å². The van der Waals surface area contributed by atoms with E-state index in [4.69, 9.17) is 4.74 Å². The fourth-order valence-corrected chi connectivity index (χ4v) is 1.60. The highest BCUT2D eigenvalue weighted by Crippen LogP contribution is 2.11. The molecule has 0 aromatic carbocycles. The molecular formula is C8H16N3O. The number of piperazine rings is 1. The van der Waals surface area contributed by atoms with E-state index in [0.29, 0.717) is 0 Å². The van der Waals surface area contributed by atoms with Gasteiger partial charge >= 0.3 is 0 Å². The molecule has 0 bridgehead atoms. The van der Waals surface area contributed by atoms with Gasteiger partial charge in [0.15, 0.2) is 6.23 Å². The molecule has 2 aliphatic heterocycles. The Labute approximate surface area is 73.3 Å². The van der Waals surface area contributed by atoms with Gasteiger partial charge in [0.25, 0.3) is 0 Å². The number of ether oxygens (including phenoxy) is 1. The normalized spacial score (nSPS) is 29.0. The smallest absolute Gasteiger partial charge is 0.178 e. The number of hydrogen-bond acceptors (Lipinski definition) is 4. The van der Waals surface area contributed by atoms with Crippen molar-refractivity contribution in [1.29, 1.82) is 0 Å². The van der Waals surface area contributed by atoms with E-state index in [1.807, 2.05) is 0 Å². The van der Waals surface area contributed by atoms with Crippen LogP contribution in [0.1, 0.15) is 0 Å². The maximum atomic E-state index is 5.57. The third kappa shape index (κ3) is 1.95. The summed E-state index contributed by atoms with van der Waals surface area (Å²) in [5.74, 6) is 0. The van der Waals surface area contributed by atoms with Gasteiger partial charge in [0.05, 0.1) is 6.61 Å². The van der Waals surface area contributed by atoms with Crippen molar-refractivity contribution in [3.63, 3.8) is 0 Å². The SMILES string of the molecule is C1CN([C]2CNCCO2)CCN1. The van der Waals surface area contributed by atoms with Crippen molar-refractivity contribution in [2.24, 2.45) is 0 Å². The molecule has 2 saturated heterocycles. The molecule has 2 heterocycles. The molecule has 0 amide bonds. The predicted octanol–water partition coefficient (Wildman–Crippen LogP) is -0.999. The van der Waals surface area contributed by atoms with Gasteiger partial charge in [-0.3, -0.25) is 4.90 Å². The Hall–Kier alpha value is -0.160. The Morgan fingerprint density at radius 1 is 1.08 bits per heavy atom. The minimum absolute atomic E-state index is 0.819. The summed E-state index contributed by atoms with van der Waals surface area (Å²) in [6, 6.07) is 0. The molecule has 0 spiro atoms. The molecule has 2 rings (SSSR count). The highest BCUT2D eigenvalue weighted by molar-refractivity contribution is 4.87. The summed E-state index contributed by atoms with van der Waals surface area (Å²) in [5, 5.41) is 6.63. The Bertz CT molecular complexity index is 114. The van der Waals surface area contributed by atoms with E-state index in [1.54, 1.807) is 0 Å². The van der Waals surface area contributed by atoms with Gasteiger partial charge in [-0.05, 0) is 0 Å². The molecule has 2 N–H and O–H groups in total. The van der Waals surface area contributed by atoms with Crippen molar-refractivity contribution < 1.29 is 4.74 Å². The molecule has 0 saturated carbocycles. The van der Waals surface area contributed by atoms with Gasteiger partial charge in [0.2, 0.25) is 0 Å². The summed E-state index contributed by atoms with van der Waals surface area (Å²) >= 11 is 0. The van der Waals surface area contributed by atoms with Crippen LogP contribution in [0.3, 0.4) is 0 Å². The Kier molecular flexibility index (Phi) is 2.94. The van der Waals surface area contributed by atoms with Crippen LogP contribution in [0.2, 0.25) is 0 Å². The fraction of sp³-hybridized carbons (Fsp3) is 0.875. The lowest BCUT2D eigenvalue weighted by atomic mass is 10.3. The van der Waals surface area contributed by atoms with Gasteiger partial charge in [0, 0.05) is 39.3 Å². The van der Waals surface area contributed by atoms with Crippen LogP contribution in [0.15, 0.2) is 0 Å². The van der Waals surface area contributed by atoms with Crippen molar-refractivity contribution in [1.82, 2.24) is 15.5 Å². The molecule has 0 aromatic heterocycles. The van der Waals surface area contributed by atoms with E-state index < -0.39 is 0 Å². The van der Waals surface area contributed by atoms with E-state index in [9.17, 15) is 0 Å². The van der Waals surface area contributed by atoms with Gasteiger partial charge in [-0.25, -0.2) is 0 Å². The Morgan fingerprint density at radius 2 is 1.92 bits per heavy atom. The quantitative estimate of drug-likeness (QED) is 0.529. The second kappa shape index (κ2) is 4.18. The van der Waals surface area contributed by atoms with Crippen LogP contribution in [-0.4, -0.2) is 50.8 Å². The first-order valence-electron chi connectivity index (χ1n) is 4.62. The van der Waals surface area contributed by atoms with Crippen LogP contribution in [0.25, 0.3) is 0 Å². The fourth-order valence-electron chi connectivity index (χ4n) is 1.60. The molecule has 4 nitrogen and oxygen atoms in total. The number of morpholine rings is 1. The third-order valence-corrected chi connectivity index (χ3v) is 2.29.